The van der Waals surface area contributed by atoms with Crippen molar-refractivity contribution in [3.63, 3.8) is 0 Å². The second kappa shape index (κ2) is 5.69. The van der Waals surface area contributed by atoms with Crippen molar-refractivity contribution >= 4 is 0 Å². The molecule has 0 heterocycles. The maximum absolute atomic E-state index is 5.08. The molecule has 0 aromatic rings. The van der Waals surface area contributed by atoms with Gasteiger partial charge in [0.1, 0.15) is 0 Å². The lowest BCUT2D eigenvalue weighted by molar-refractivity contribution is 0.107. The molecule has 0 fully saturated rings. The van der Waals surface area contributed by atoms with Gasteiger partial charge in [0.05, 0.1) is 6.61 Å². The van der Waals surface area contributed by atoms with Crippen molar-refractivity contribution in [2.45, 2.75) is 26.3 Å². The first kappa shape index (κ1) is 9.92. The second-order valence-corrected chi connectivity index (χ2v) is 2.59. The van der Waals surface area contributed by atoms with E-state index in [-0.39, 0.29) is 0 Å². The number of nitrogens with zero attached hydrogens (tertiary/aromatic N) is 1. The average Bonchev–Trinajstić information content (AvgIpc) is 1.99. The van der Waals surface area contributed by atoms with Crippen molar-refractivity contribution < 1.29 is 4.74 Å². The number of rotatable bonds is 5. The molecule has 0 bridgehead atoms. The minimum atomic E-state index is 0.593. The third kappa shape index (κ3) is 3.18. The molecule has 0 aromatic carbocycles. The zero-order valence-electron chi connectivity index (χ0n) is 7.55. The molecule has 1 unspecified atom stereocenters. The SMILES string of the molecule is CCC(COC)N(C)CC. The molecular formula is C8H19NO. The number of methoxy groups -OCH3 is 1. The molecule has 0 spiro atoms. The predicted octanol–water partition coefficient (Wildman–Crippen LogP) is 1.36. The Labute approximate surface area is 64.2 Å². The summed E-state index contributed by atoms with van der Waals surface area (Å²) in [5.74, 6) is 0. The summed E-state index contributed by atoms with van der Waals surface area (Å²) in [5, 5.41) is 0. The minimum absolute atomic E-state index is 0.593. The Bertz CT molecular complexity index is 75.7. The first-order valence-corrected chi connectivity index (χ1v) is 3.95. The molecule has 0 N–H and O–H groups in total. The Kier molecular flexibility index (Phi) is 5.64. The lowest BCUT2D eigenvalue weighted by Crippen LogP contribution is -2.34. The van der Waals surface area contributed by atoms with Gasteiger partial charge < -0.3 is 9.64 Å². The Morgan fingerprint density at radius 1 is 1.40 bits per heavy atom. The van der Waals surface area contributed by atoms with Crippen LogP contribution in [0.1, 0.15) is 20.3 Å². The second-order valence-electron chi connectivity index (χ2n) is 2.59. The molecule has 0 rings (SSSR count). The van der Waals surface area contributed by atoms with Gasteiger partial charge in [0, 0.05) is 13.2 Å². The first-order valence-electron chi connectivity index (χ1n) is 3.95. The Morgan fingerprint density at radius 3 is 2.30 bits per heavy atom. The highest BCUT2D eigenvalue weighted by Gasteiger charge is 2.08. The summed E-state index contributed by atoms with van der Waals surface area (Å²) in [7, 11) is 3.89. The summed E-state index contributed by atoms with van der Waals surface area (Å²) in [5.41, 5.74) is 0. The molecule has 0 saturated heterocycles. The molecule has 0 aliphatic carbocycles. The van der Waals surface area contributed by atoms with Gasteiger partial charge in [-0.15, -0.1) is 0 Å². The van der Waals surface area contributed by atoms with Gasteiger partial charge in [0.15, 0.2) is 0 Å². The van der Waals surface area contributed by atoms with Crippen LogP contribution in [0.2, 0.25) is 0 Å². The van der Waals surface area contributed by atoms with E-state index in [2.05, 4.69) is 25.8 Å². The molecule has 10 heavy (non-hydrogen) atoms. The van der Waals surface area contributed by atoms with E-state index < -0.39 is 0 Å². The fraction of sp³-hybridized carbons (Fsp3) is 1.00. The zero-order chi connectivity index (χ0) is 7.98. The summed E-state index contributed by atoms with van der Waals surface area (Å²) in [6.45, 7) is 6.30. The van der Waals surface area contributed by atoms with Crippen molar-refractivity contribution in [1.29, 1.82) is 0 Å². The van der Waals surface area contributed by atoms with E-state index in [1.54, 1.807) is 7.11 Å². The van der Waals surface area contributed by atoms with Gasteiger partial charge in [-0.3, -0.25) is 0 Å². The fourth-order valence-corrected chi connectivity index (χ4v) is 1.01. The van der Waals surface area contributed by atoms with Crippen LogP contribution in [0.25, 0.3) is 0 Å². The third-order valence-electron chi connectivity index (χ3n) is 1.95. The van der Waals surface area contributed by atoms with Gasteiger partial charge in [-0.1, -0.05) is 13.8 Å². The third-order valence-corrected chi connectivity index (χ3v) is 1.95. The largest absolute Gasteiger partial charge is 0.383 e. The number of hydrogen-bond acceptors (Lipinski definition) is 2. The van der Waals surface area contributed by atoms with Gasteiger partial charge in [-0.2, -0.15) is 0 Å². The molecule has 2 heteroatoms. The van der Waals surface area contributed by atoms with E-state index in [0.717, 1.165) is 19.6 Å². The maximum Gasteiger partial charge on any atom is 0.0617 e. The molecule has 0 radical (unpaired) electrons. The quantitative estimate of drug-likeness (QED) is 0.579. The molecule has 0 saturated carbocycles. The van der Waals surface area contributed by atoms with E-state index in [1.807, 2.05) is 0 Å². The molecule has 0 aliphatic heterocycles. The fourth-order valence-electron chi connectivity index (χ4n) is 1.01. The Balaban J connectivity index is 3.56. The minimum Gasteiger partial charge on any atom is -0.383 e. The van der Waals surface area contributed by atoms with Crippen LogP contribution in [0, 0.1) is 0 Å². The van der Waals surface area contributed by atoms with Crippen LogP contribution < -0.4 is 0 Å². The summed E-state index contributed by atoms with van der Waals surface area (Å²) in [4.78, 5) is 2.31. The van der Waals surface area contributed by atoms with Crippen LogP contribution in [0.4, 0.5) is 0 Å². The van der Waals surface area contributed by atoms with Crippen molar-refractivity contribution in [2.75, 3.05) is 27.3 Å². The smallest absolute Gasteiger partial charge is 0.0617 e. The van der Waals surface area contributed by atoms with E-state index in [1.165, 1.54) is 0 Å². The van der Waals surface area contributed by atoms with Gasteiger partial charge in [0.25, 0.3) is 0 Å². The van der Waals surface area contributed by atoms with Crippen molar-refractivity contribution in [1.82, 2.24) is 4.90 Å². The van der Waals surface area contributed by atoms with Crippen LogP contribution >= 0.6 is 0 Å². The summed E-state index contributed by atoms with van der Waals surface area (Å²) in [6.07, 6.45) is 1.16. The zero-order valence-corrected chi connectivity index (χ0v) is 7.55. The molecule has 0 amide bonds. The lowest BCUT2D eigenvalue weighted by Gasteiger charge is -2.24. The van der Waals surface area contributed by atoms with E-state index in [0.29, 0.717) is 6.04 Å². The molecular weight excluding hydrogens is 126 g/mol. The first-order chi connectivity index (χ1) is 4.76. The highest BCUT2D eigenvalue weighted by molar-refractivity contribution is 4.63. The molecule has 1 atom stereocenters. The Hall–Kier alpha value is -0.0800. The maximum atomic E-state index is 5.08. The predicted molar refractivity (Wildman–Crippen MR) is 44.3 cm³/mol. The van der Waals surface area contributed by atoms with Crippen LogP contribution in [0.15, 0.2) is 0 Å². The molecule has 62 valence electrons. The molecule has 0 aromatic heterocycles. The average molecular weight is 145 g/mol. The van der Waals surface area contributed by atoms with E-state index in [4.69, 9.17) is 4.74 Å². The number of hydrogen-bond donors (Lipinski definition) is 0. The van der Waals surface area contributed by atoms with Crippen molar-refractivity contribution in [2.24, 2.45) is 0 Å². The van der Waals surface area contributed by atoms with Crippen LogP contribution in [0.5, 0.6) is 0 Å². The van der Waals surface area contributed by atoms with Crippen molar-refractivity contribution in [3.05, 3.63) is 0 Å². The van der Waals surface area contributed by atoms with Gasteiger partial charge in [0.2, 0.25) is 0 Å². The van der Waals surface area contributed by atoms with Crippen LogP contribution in [-0.2, 0) is 4.74 Å². The van der Waals surface area contributed by atoms with Crippen LogP contribution in [0.3, 0.4) is 0 Å². The number of likely N-dealkylation sites (N-methyl/N-ethyl adjacent to an activating group) is 1. The highest BCUT2D eigenvalue weighted by Crippen LogP contribution is 2.00. The Morgan fingerprint density at radius 2 is 2.00 bits per heavy atom. The van der Waals surface area contributed by atoms with Crippen molar-refractivity contribution in [3.8, 4) is 0 Å². The standard InChI is InChI=1S/C8H19NO/c1-5-8(7-10-4)9(3)6-2/h8H,5-7H2,1-4H3. The van der Waals surface area contributed by atoms with Crippen LogP contribution in [-0.4, -0.2) is 38.3 Å². The van der Waals surface area contributed by atoms with E-state index in [9.17, 15) is 0 Å². The summed E-state index contributed by atoms with van der Waals surface area (Å²) in [6, 6.07) is 0.593. The van der Waals surface area contributed by atoms with Gasteiger partial charge in [-0.05, 0) is 20.0 Å². The lowest BCUT2D eigenvalue weighted by atomic mass is 10.2. The van der Waals surface area contributed by atoms with E-state index >= 15 is 0 Å². The number of ether oxygens (including phenoxy) is 1. The monoisotopic (exact) mass is 145 g/mol. The normalized spacial score (nSPS) is 14.1. The highest BCUT2D eigenvalue weighted by atomic mass is 16.5. The van der Waals surface area contributed by atoms with Gasteiger partial charge >= 0.3 is 0 Å². The molecule has 0 aliphatic rings. The summed E-state index contributed by atoms with van der Waals surface area (Å²) >= 11 is 0. The van der Waals surface area contributed by atoms with Gasteiger partial charge in [-0.25, -0.2) is 0 Å². The topological polar surface area (TPSA) is 12.5 Å². The summed E-state index contributed by atoms with van der Waals surface area (Å²) < 4.78 is 5.08. The molecule has 2 nitrogen and oxygen atoms in total.